The molecule has 0 spiro atoms. The first-order valence-electron chi connectivity index (χ1n) is 10.3. The number of benzene rings is 1. The molecule has 0 bridgehead atoms. The van der Waals surface area contributed by atoms with Crippen LogP contribution in [0.1, 0.15) is 56.1 Å². The monoisotopic (exact) mass is 417 g/mol. The van der Waals surface area contributed by atoms with Gasteiger partial charge in [0.2, 0.25) is 5.91 Å². The van der Waals surface area contributed by atoms with Crippen LogP contribution >= 0.6 is 11.6 Å². The maximum absolute atomic E-state index is 13.2. The molecule has 0 saturated heterocycles. The van der Waals surface area contributed by atoms with Crippen LogP contribution in [-0.2, 0) is 18.4 Å². The van der Waals surface area contributed by atoms with E-state index in [2.05, 4.69) is 6.92 Å². The molecule has 0 radical (unpaired) electrons. The average Bonchev–Trinajstić information content (AvgIpc) is 3.12. The summed E-state index contributed by atoms with van der Waals surface area (Å²) >= 11 is 6.07. The molecule has 0 unspecified atom stereocenters. The highest BCUT2D eigenvalue weighted by molar-refractivity contribution is 6.31. The molecular weight excluding hydrogens is 386 g/mol. The fourth-order valence-electron chi connectivity index (χ4n) is 3.18. The number of nitrogens with zero attached hydrogens (tertiary/aromatic N) is 3. The second-order valence-corrected chi connectivity index (χ2v) is 7.92. The molecule has 0 aliphatic carbocycles. The number of rotatable bonds is 10. The standard InChI is InChI=1S/C23H32ClN3O2/c1-5-7-14-26(16-21-12-9-13-25(21)4)22(28)17-27(18(3)6-2)23(29)19-10-8-11-20(24)15-19/h8-13,15,18H,5-7,14,16-17H2,1-4H3/t18-/m0/s1. The molecule has 2 rings (SSSR count). The molecule has 0 fully saturated rings. The minimum absolute atomic E-state index is 0.0321. The number of carbonyl (C=O) groups excluding carboxylic acids is 2. The quantitative estimate of drug-likeness (QED) is 0.560. The third kappa shape index (κ3) is 6.36. The molecule has 1 atom stereocenters. The van der Waals surface area contributed by atoms with E-state index < -0.39 is 0 Å². The van der Waals surface area contributed by atoms with Gasteiger partial charge in [0.1, 0.15) is 6.54 Å². The predicted octanol–water partition coefficient (Wildman–Crippen LogP) is 4.75. The van der Waals surface area contributed by atoms with E-state index >= 15 is 0 Å². The lowest BCUT2D eigenvalue weighted by atomic mass is 10.1. The Morgan fingerprint density at radius 3 is 2.52 bits per heavy atom. The van der Waals surface area contributed by atoms with E-state index in [1.165, 1.54) is 0 Å². The Morgan fingerprint density at radius 2 is 1.93 bits per heavy atom. The maximum atomic E-state index is 13.2. The van der Waals surface area contributed by atoms with E-state index in [1.54, 1.807) is 29.2 Å². The van der Waals surface area contributed by atoms with Crippen LogP contribution in [0, 0.1) is 0 Å². The molecule has 0 N–H and O–H groups in total. The fourth-order valence-corrected chi connectivity index (χ4v) is 3.37. The van der Waals surface area contributed by atoms with Gasteiger partial charge < -0.3 is 14.4 Å². The lowest BCUT2D eigenvalue weighted by Crippen LogP contribution is -2.46. The van der Waals surface area contributed by atoms with Crippen LogP contribution in [0.15, 0.2) is 42.6 Å². The molecule has 5 nitrogen and oxygen atoms in total. The van der Waals surface area contributed by atoms with E-state index in [1.807, 2.05) is 48.7 Å². The summed E-state index contributed by atoms with van der Waals surface area (Å²) in [5.74, 6) is -0.195. The molecule has 29 heavy (non-hydrogen) atoms. The summed E-state index contributed by atoms with van der Waals surface area (Å²) < 4.78 is 2.02. The smallest absolute Gasteiger partial charge is 0.254 e. The highest BCUT2D eigenvalue weighted by atomic mass is 35.5. The van der Waals surface area contributed by atoms with E-state index in [-0.39, 0.29) is 24.4 Å². The van der Waals surface area contributed by atoms with Crippen molar-refractivity contribution in [3.05, 3.63) is 58.9 Å². The van der Waals surface area contributed by atoms with E-state index in [4.69, 9.17) is 11.6 Å². The van der Waals surface area contributed by atoms with Crippen molar-refractivity contribution in [2.24, 2.45) is 7.05 Å². The molecular formula is C23H32ClN3O2. The molecule has 0 aliphatic rings. The van der Waals surface area contributed by atoms with Crippen molar-refractivity contribution in [3.8, 4) is 0 Å². The Bertz CT molecular complexity index is 818. The molecule has 1 aromatic heterocycles. The highest BCUT2D eigenvalue weighted by Gasteiger charge is 2.26. The molecule has 158 valence electrons. The van der Waals surface area contributed by atoms with Crippen LogP contribution in [0.2, 0.25) is 5.02 Å². The van der Waals surface area contributed by atoms with Gasteiger partial charge in [-0.25, -0.2) is 0 Å². The summed E-state index contributed by atoms with van der Waals surface area (Å²) in [6.45, 7) is 7.39. The van der Waals surface area contributed by atoms with Crippen molar-refractivity contribution in [2.45, 2.75) is 52.6 Å². The second-order valence-electron chi connectivity index (χ2n) is 7.48. The molecule has 0 saturated carbocycles. The lowest BCUT2D eigenvalue weighted by Gasteiger charge is -2.31. The molecule has 6 heteroatoms. The normalized spacial score (nSPS) is 11.9. The first kappa shape index (κ1) is 23.0. The number of unbranched alkanes of at least 4 members (excludes halogenated alkanes) is 1. The Kier molecular flexibility index (Phi) is 8.77. The topological polar surface area (TPSA) is 45.6 Å². The summed E-state index contributed by atoms with van der Waals surface area (Å²) in [7, 11) is 1.98. The number of hydrogen-bond acceptors (Lipinski definition) is 2. The van der Waals surface area contributed by atoms with Gasteiger partial charge in [-0.15, -0.1) is 0 Å². The van der Waals surface area contributed by atoms with Crippen LogP contribution in [-0.4, -0.2) is 45.3 Å². The second kappa shape index (κ2) is 11.1. The Labute approximate surface area is 179 Å². The average molecular weight is 418 g/mol. The number of carbonyl (C=O) groups is 2. The number of aromatic nitrogens is 1. The summed E-state index contributed by atoms with van der Waals surface area (Å²) in [5, 5.41) is 0.513. The van der Waals surface area contributed by atoms with Gasteiger partial charge in [-0.1, -0.05) is 37.9 Å². The van der Waals surface area contributed by atoms with Crippen LogP contribution in [0.5, 0.6) is 0 Å². The number of amides is 2. The van der Waals surface area contributed by atoms with Crippen LogP contribution in [0.3, 0.4) is 0 Å². The summed E-state index contributed by atoms with van der Waals surface area (Å²) in [4.78, 5) is 29.9. The summed E-state index contributed by atoms with van der Waals surface area (Å²) in [6, 6.07) is 10.9. The fraction of sp³-hybridized carbons (Fsp3) is 0.478. The van der Waals surface area contributed by atoms with Crippen molar-refractivity contribution in [3.63, 3.8) is 0 Å². The van der Waals surface area contributed by atoms with Gasteiger partial charge in [-0.05, 0) is 50.1 Å². The molecule has 2 aromatic rings. The first-order chi connectivity index (χ1) is 13.9. The van der Waals surface area contributed by atoms with Gasteiger partial charge in [0.25, 0.3) is 5.91 Å². The highest BCUT2D eigenvalue weighted by Crippen LogP contribution is 2.16. The van der Waals surface area contributed by atoms with Gasteiger partial charge >= 0.3 is 0 Å². The lowest BCUT2D eigenvalue weighted by molar-refractivity contribution is -0.133. The predicted molar refractivity (Wildman–Crippen MR) is 118 cm³/mol. The SMILES string of the molecule is CCCCN(Cc1cccn1C)C(=O)CN(C(=O)c1cccc(Cl)c1)[C@@H](C)CC. The summed E-state index contributed by atoms with van der Waals surface area (Å²) in [6.07, 6.45) is 4.69. The Morgan fingerprint density at radius 1 is 1.17 bits per heavy atom. The summed E-state index contributed by atoms with van der Waals surface area (Å²) in [5.41, 5.74) is 1.58. The van der Waals surface area contributed by atoms with Gasteiger partial charge in [0, 0.05) is 42.1 Å². The van der Waals surface area contributed by atoms with Crippen LogP contribution in [0.25, 0.3) is 0 Å². The minimum Gasteiger partial charge on any atom is -0.353 e. The molecule has 1 heterocycles. The van der Waals surface area contributed by atoms with Gasteiger partial charge in [-0.2, -0.15) is 0 Å². The van der Waals surface area contributed by atoms with Crippen molar-refractivity contribution < 1.29 is 9.59 Å². The van der Waals surface area contributed by atoms with Crippen LogP contribution < -0.4 is 0 Å². The van der Waals surface area contributed by atoms with Crippen LogP contribution in [0.4, 0.5) is 0 Å². The first-order valence-corrected chi connectivity index (χ1v) is 10.7. The maximum Gasteiger partial charge on any atom is 0.254 e. The molecule has 1 aromatic carbocycles. The zero-order valence-electron chi connectivity index (χ0n) is 17.9. The Hall–Kier alpha value is -2.27. The van der Waals surface area contributed by atoms with Crippen molar-refractivity contribution in [2.75, 3.05) is 13.1 Å². The van der Waals surface area contributed by atoms with E-state index in [0.29, 0.717) is 23.7 Å². The minimum atomic E-state index is -0.162. The van der Waals surface area contributed by atoms with Crippen molar-refractivity contribution in [1.82, 2.24) is 14.4 Å². The number of halogens is 1. The van der Waals surface area contributed by atoms with Crippen molar-refractivity contribution >= 4 is 23.4 Å². The van der Waals surface area contributed by atoms with Crippen molar-refractivity contribution in [1.29, 1.82) is 0 Å². The number of aryl methyl sites for hydroxylation is 1. The van der Waals surface area contributed by atoms with E-state index in [0.717, 1.165) is 25.0 Å². The van der Waals surface area contributed by atoms with Gasteiger partial charge in [0.05, 0.1) is 6.54 Å². The third-order valence-corrected chi connectivity index (χ3v) is 5.53. The third-order valence-electron chi connectivity index (χ3n) is 5.30. The Balaban J connectivity index is 2.20. The zero-order valence-corrected chi connectivity index (χ0v) is 18.7. The van der Waals surface area contributed by atoms with Gasteiger partial charge in [-0.3, -0.25) is 9.59 Å². The number of hydrogen-bond donors (Lipinski definition) is 0. The van der Waals surface area contributed by atoms with E-state index in [9.17, 15) is 9.59 Å². The molecule has 0 aliphatic heterocycles. The molecule has 2 amide bonds. The largest absolute Gasteiger partial charge is 0.353 e. The van der Waals surface area contributed by atoms with Gasteiger partial charge in [0.15, 0.2) is 0 Å². The zero-order chi connectivity index (χ0) is 21.4.